The van der Waals surface area contributed by atoms with E-state index in [0.717, 1.165) is 60.9 Å². The maximum atomic E-state index is 6.51. The van der Waals surface area contributed by atoms with Crippen molar-refractivity contribution in [3.63, 3.8) is 0 Å². The first-order chi connectivity index (χ1) is 30.7. The van der Waals surface area contributed by atoms with Crippen molar-refractivity contribution in [2.75, 3.05) is 0 Å². The fourth-order valence-corrected chi connectivity index (χ4v) is 9.59. The second-order valence-corrected chi connectivity index (χ2v) is 15.9. The van der Waals surface area contributed by atoms with Gasteiger partial charge in [0.15, 0.2) is 17.5 Å². The molecular formula is C58H37N3O. The molecule has 2 aromatic heterocycles. The molecule has 0 N–H and O–H groups in total. The predicted molar refractivity (Wildman–Crippen MR) is 252 cm³/mol. The van der Waals surface area contributed by atoms with E-state index >= 15 is 0 Å². The van der Waals surface area contributed by atoms with Crippen LogP contribution in [-0.2, 0) is 5.41 Å². The van der Waals surface area contributed by atoms with E-state index in [1.165, 1.54) is 33.4 Å². The van der Waals surface area contributed by atoms with Gasteiger partial charge in [0.1, 0.15) is 11.2 Å². The zero-order chi connectivity index (χ0) is 41.0. The first-order valence-electron chi connectivity index (χ1n) is 21.0. The highest BCUT2D eigenvalue weighted by Crippen LogP contribution is 2.58. The van der Waals surface area contributed by atoms with Gasteiger partial charge >= 0.3 is 0 Å². The molecule has 9 aromatic carbocycles. The van der Waals surface area contributed by atoms with Gasteiger partial charge in [-0.1, -0.05) is 194 Å². The second-order valence-electron chi connectivity index (χ2n) is 15.9. The Morgan fingerprint density at radius 2 is 0.790 bits per heavy atom. The first-order valence-corrected chi connectivity index (χ1v) is 21.0. The van der Waals surface area contributed by atoms with E-state index < -0.39 is 5.41 Å². The number of hydrogen-bond acceptors (Lipinski definition) is 4. The Balaban J connectivity index is 1.16. The van der Waals surface area contributed by atoms with Crippen molar-refractivity contribution in [3.05, 3.63) is 247 Å². The van der Waals surface area contributed by atoms with Crippen molar-refractivity contribution < 1.29 is 4.42 Å². The quantitative estimate of drug-likeness (QED) is 0.161. The second kappa shape index (κ2) is 14.5. The van der Waals surface area contributed by atoms with E-state index in [0.29, 0.717) is 17.5 Å². The van der Waals surface area contributed by atoms with Crippen LogP contribution >= 0.6 is 0 Å². The van der Waals surface area contributed by atoms with Crippen LogP contribution in [-0.4, -0.2) is 15.0 Å². The Bertz CT molecular complexity index is 3390. The lowest BCUT2D eigenvalue weighted by Crippen LogP contribution is -2.28. The fourth-order valence-electron chi connectivity index (χ4n) is 9.59. The number of benzene rings is 9. The largest absolute Gasteiger partial charge is 0.456 e. The Morgan fingerprint density at radius 1 is 0.290 bits per heavy atom. The molecule has 12 rings (SSSR count). The van der Waals surface area contributed by atoms with Crippen molar-refractivity contribution in [1.29, 1.82) is 0 Å². The minimum atomic E-state index is -0.615. The molecule has 62 heavy (non-hydrogen) atoms. The average Bonchev–Trinajstić information content (AvgIpc) is 3.87. The van der Waals surface area contributed by atoms with Crippen molar-refractivity contribution >= 4 is 21.9 Å². The van der Waals surface area contributed by atoms with Gasteiger partial charge in [-0.3, -0.25) is 0 Å². The standard InChI is InChI=1S/C58H37N3O/c1-5-17-38(18-6-1)39-29-31-41(32-30-39)56-59-55(40-19-7-2-8-20-40)60-57(61-56)50-37-52-49(36-48(50)42-33-34-47-46-26-14-16-28-53(46)62-54(47)35-42)45-25-13-15-27-51(45)58(52,43-21-9-3-10-22-43)44-23-11-4-12-24-44/h1-37H. The summed E-state index contributed by atoms with van der Waals surface area (Å²) in [5.74, 6) is 1.81. The van der Waals surface area contributed by atoms with Crippen LogP contribution in [0, 0.1) is 0 Å². The topological polar surface area (TPSA) is 51.8 Å². The van der Waals surface area contributed by atoms with Gasteiger partial charge in [0.25, 0.3) is 0 Å². The monoisotopic (exact) mass is 791 g/mol. The smallest absolute Gasteiger partial charge is 0.164 e. The third-order valence-corrected chi connectivity index (χ3v) is 12.4. The molecule has 0 amide bonds. The molecule has 4 nitrogen and oxygen atoms in total. The molecule has 290 valence electrons. The molecular weight excluding hydrogens is 755 g/mol. The van der Waals surface area contributed by atoms with E-state index in [2.05, 4.69) is 188 Å². The first kappa shape index (κ1) is 35.7. The van der Waals surface area contributed by atoms with Crippen LogP contribution in [0.3, 0.4) is 0 Å². The van der Waals surface area contributed by atoms with Crippen LogP contribution in [0.4, 0.5) is 0 Å². The summed E-state index contributed by atoms with van der Waals surface area (Å²) in [4.78, 5) is 15.9. The Kier molecular flexibility index (Phi) is 8.36. The molecule has 0 atom stereocenters. The molecule has 2 heterocycles. The third kappa shape index (κ3) is 5.72. The number of rotatable bonds is 7. The van der Waals surface area contributed by atoms with Gasteiger partial charge in [-0.05, 0) is 86.0 Å². The average molecular weight is 792 g/mol. The molecule has 0 radical (unpaired) electrons. The van der Waals surface area contributed by atoms with Crippen LogP contribution in [0.15, 0.2) is 229 Å². The Labute approximate surface area is 359 Å². The normalized spacial score (nSPS) is 12.6. The maximum Gasteiger partial charge on any atom is 0.164 e. The molecule has 0 bridgehead atoms. The molecule has 0 aliphatic heterocycles. The lowest BCUT2D eigenvalue weighted by atomic mass is 9.67. The van der Waals surface area contributed by atoms with Crippen LogP contribution in [0.1, 0.15) is 22.3 Å². The molecule has 4 heteroatoms. The van der Waals surface area contributed by atoms with E-state index in [1.54, 1.807) is 0 Å². The molecule has 0 spiro atoms. The highest BCUT2D eigenvalue weighted by atomic mass is 16.3. The molecule has 0 fully saturated rings. The fraction of sp³-hybridized carbons (Fsp3) is 0.0172. The number of fused-ring (bicyclic) bond motifs is 6. The van der Waals surface area contributed by atoms with Crippen LogP contribution < -0.4 is 0 Å². The number of aromatic nitrogens is 3. The summed E-state index contributed by atoms with van der Waals surface area (Å²) in [6.07, 6.45) is 0. The zero-order valence-electron chi connectivity index (χ0n) is 33.6. The van der Waals surface area contributed by atoms with Crippen molar-refractivity contribution in [2.45, 2.75) is 5.41 Å². The number of nitrogens with zero attached hydrogens (tertiary/aromatic N) is 3. The molecule has 1 aliphatic carbocycles. The highest BCUT2D eigenvalue weighted by Gasteiger charge is 2.46. The summed E-state index contributed by atoms with van der Waals surface area (Å²) in [5, 5.41) is 2.18. The summed E-state index contributed by atoms with van der Waals surface area (Å²) >= 11 is 0. The zero-order valence-corrected chi connectivity index (χ0v) is 33.6. The predicted octanol–water partition coefficient (Wildman–Crippen LogP) is 14.5. The molecule has 0 unspecified atom stereocenters. The lowest BCUT2D eigenvalue weighted by molar-refractivity contribution is 0.669. The molecule has 11 aromatic rings. The highest BCUT2D eigenvalue weighted by molar-refractivity contribution is 6.06. The summed E-state index contributed by atoms with van der Waals surface area (Å²) in [5.41, 5.74) is 15.3. The van der Waals surface area contributed by atoms with Gasteiger partial charge in [-0.15, -0.1) is 0 Å². The molecule has 1 aliphatic rings. The molecule has 0 saturated carbocycles. The lowest BCUT2D eigenvalue weighted by Gasteiger charge is -2.34. The SMILES string of the molecule is c1ccc(-c2ccc(-c3nc(-c4ccccc4)nc(-c4cc5c(cc4-c4ccc6c(c4)oc4ccccc46)-c4ccccc4C5(c4ccccc4)c4ccccc4)n3)cc2)cc1. The third-order valence-electron chi connectivity index (χ3n) is 12.4. The summed E-state index contributed by atoms with van der Waals surface area (Å²) in [6.45, 7) is 0. The van der Waals surface area contributed by atoms with E-state index in [1.807, 2.05) is 36.4 Å². The van der Waals surface area contributed by atoms with Crippen LogP contribution in [0.5, 0.6) is 0 Å². The van der Waals surface area contributed by atoms with Gasteiger partial charge in [-0.25, -0.2) is 15.0 Å². The minimum Gasteiger partial charge on any atom is -0.456 e. The van der Waals surface area contributed by atoms with E-state index in [-0.39, 0.29) is 0 Å². The molecule has 0 saturated heterocycles. The maximum absolute atomic E-state index is 6.51. The number of hydrogen-bond donors (Lipinski definition) is 0. The number of furan rings is 1. The van der Waals surface area contributed by atoms with Crippen molar-refractivity contribution in [3.8, 4) is 67.5 Å². The van der Waals surface area contributed by atoms with Crippen LogP contribution in [0.25, 0.3) is 89.5 Å². The van der Waals surface area contributed by atoms with Gasteiger partial charge in [0, 0.05) is 27.5 Å². The van der Waals surface area contributed by atoms with E-state index in [4.69, 9.17) is 19.4 Å². The summed E-state index contributed by atoms with van der Waals surface area (Å²) in [7, 11) is 0. The van der Waals surface area contributed by atoms with Crippen molar-refractivity contribution in [1.82, 2.24) is 15.0 Å². The summed E-state index contributed by atoms with van der Waals surface area (Å²) < 4.78 is 6.51. The van der Waals surface area contributed by atoms with Crippen LogP contribution in [0.2, 0.25) is 0 Å². The van der Waals surface area contributed by atoms with E-state index in [9.17, 15) is 0 Å². The van der Waals surface area contributed by atoms with Gasteiger partial charge in [-0.2, -0.15) is 0 Å². The van der Waals surface area contributed by atoms with Gasteiger partial charge in [0.05, 0.1) is 5.41 Å². The Morgan fingerprint density at radius 3 is 1.48 bits per heavy atom. The van der Waals surface area contributed by atoms with Gasteiger partial charge in [0.2, 0.25) is 0 Å². The van der Waals surface area contributed by atoms with Crippen molar-refractivity contribution in [2.24, 2.45) is 0 Å². The number of para-hydroxylation sites is 1. The summed E-state index contributed by atoms with van der Waals surface area (Å²) in [6, 6.07) is 79.3. The minimum absolute atomic E-state index is 0.592. The van der Waals surface area contributed by atoms with Gasteiger partial charge < -0.3 is 4.42 Å². The Hall–Kier alpha value is -8.21.